The van der Waals surface area contributed by atoms with E-state index in [4.69, 9.17) is 0 Å². The van der Waals surface area contributed by atoms with E-state index in [-0.39, 0.29) is 28.4 Å². The number of anilines is 1. The topological polar surface area (TPSA) is 141 Å². The summed E-state index contributed by atoms with van der Waals surface area (Å²) in [5.74, 6) is -0.396. The van der Waals surface area contributed by atoms with Crippen molar-refractivity contribution in [3.05, 3.63) is 96.3 Å². The Morgan fingerprint density at radius 2 is 1.83 bits per heavy atom. The third kappa shape index (κ3) is 4.17. The number of carbonyl (C=O) groups excluding carboxylic acids is 1. The molecule has 35 heavy (non-hydrogen) atoms. The standard InChI is InChI=1S/C25H16N8O2/c26-14-17-15-28-33(21-11-6-12-27-30-21)24(17)32-31-22-19-10-5-4-7-16(19)13-20(23(22)34)25(35)29-18-8-2-1-3-9-18/h1-13,15,34H,(H,29,35). The second-order valence-corrected chi connectivity index (χ2v) is 7.35. The molecule has 0 bridgehead atoms. The van der Waals surface area contributed by atoms with Crippen molar-refractivity contribution in [2.75, 3.05) is 5.32 Å². The molecule has 0 atom stereocenters. The van der Waals surface area contributed by atoms with Crippen LogP contribution in [-0.2, 0) is 0 Å². The maximum absolute atomic E-state index is 13.0. The van der Waals surface area contributed by atoms with Crippen LogP contribution in [0.3, 0.4) is 0 Å². The van der Waals surface area contributed by atoms with Crippen LogP contribution in [0.4, 0.5) is 17.2 Å². The van der Waals surface area contributed by atoms with E-state index in [9.17, 15) is 15.2 Å². The van der Waals surface area contributed by atoms with Gasteiger partial charge in [0.15, 0.2) is 17.4 Å². The molecule has 0 saturated heterocycles. The zero-order valence-corrected chi connectivity index (χ0v) is 18.1. The third-order valence-corrected chi connectivity index (χ3v) is 5.16. The fourth-order valence-corrected chi connectivity index (χ4v) is 3.50. The summed E-state index contributed by atoms with van der Waals surface area (Å²) in [6.45, 7) is 0. The van der Waals surface area contributed by atoms with Gasteiger partial charge < -0.3 is 10.4 Å². The van der Waals surface area contributed by atoms with Crippen LogP contribution in [0.25, 0.3) is 16.6 Å². The molecule has 0 unspecified atom stereocenters. The lowest BCUT2D eigenvalue weighted by atomic mass is 10.0. The Morgan fingerprint density at radius 1 is 1.03 bits per heavy atom. The highest BCUT2D eigenvalue weighted by Crippen LogP contribution is 2.40. The number of aromatic hydroxyl groups is 1. The van der Waals surface area contributed by atoms with Gasteiger partial charge in [-0.1, -0.05) is 42.5 Å². The molecule has 10 nitrogen and oxygen atoms in total. The molecule has 0 aliphatic carbocycles. The third-order valence-electron chi connectivity index (χ3n) is 5.16. The Bertz CT molecular complexity index is 1610. The fraction of sp³-hybridized carbons (Fsp3) is 0. The lowest BCUT2D eigenvalue weighted by Crippen LogP contribution is -2.12. The first-order valence-electron chi connectivity index (χ1n) is 10.4. The van der Waals surface area contributed by atoms with Crippen molar-refractivity contribution >= 4 is 33.9 Å². The van der Waals surface area contributed by atoms with Crippen molar-refractivity contribution in [3.8, 4) is 17.6 Å². The Kier molecular flexibility index (Phi) is 5.63. The van der Waals surface area contributed by atoms with E-state index >= 15 is 0 Å². The van der Waals surface area contributed by atoms with Gasteiger partial charge in [0.05, 0.1) is 11.8 Å². The van der Waals surface area contributed by atoms with Crippen molar-refractivity contribution < 1.29 is 9.90 Å². The summed E-state index contributed by atoms with van der Waals surface area (Å²) < 4.78 is 1.32. The van der Waals surface area contributed by atoms with E-state index in [0.29, 0.717) is 22.3 Å². The van der Waals surface area contributed by atoms with Gasteiger partial charge in [0, 0.05) is 17.3 Å². The second kappa shape index (κ2) is 9.21. The van der Waals surface area contributed by atoms with Crippen LogP contribution in [0.15, 0.2) is 95.4 Å². The monoisotopic (exact) mass is 460 g/mol. The number of phenolic OH excluding ortho intramolecular Hbond substituents is 1. The van der Waals surface area contributed by atoms with Gasteiger partial charge in [-0.25, -0.2) is 0 Å². The summed E-state index contributed by atoms with van der Waals surface area (Å²) in [7, 11) is 0. The number of amides is 1. The van der Waals surface area contributed by atoms with Crippen LogP contribution in [0, 0.1) is 11.3 Å². The Hall–Kier alpha value is -5.43. The molecule has 5 aromatic rings. The molecule has 5 rings (SSSR count). The number of nitrogens with one attached hydrogen (secondary N) is 1. The maximum Gasteiger partial charge on any atom is 0.259 e. The Morgan fingerprint density at radius 3 is 2.60 bits per heavy atom. The molecule has 3 aromatic carbocycles. The zero-order chi connectivity index (χ0) is 24.2. The number of benzene rings is 3. The molecule has 1 amide bonds. The van der Waals surface area contributed by atoms with Crippen LogP contribution < -0.4 is 5.32 Å². The molecule has 0 spiro atoms. The Labute approximate surface area is 198 Å². The average molecular weight is 460 g/mol. The van der Waals surface area contributed by atoms with Crippen LogP contribution in [0.1, 0.15) is 15.9 Å². The maximum atomic E-state index is 13.0. The van der Waals surface area contributed by atoms with Gasteiger partial charge in [0.25, 0.3) is 5.91 Å². The first kappa shape index (κ1) is 21.4. The van der Waals surface area contributed by atoms with Gasteiger partial charge in [-0.05, 0) is 35.7 Å². The van der Waals surface area contributed by atoms with Crippen molar-refractivity contribution in [2.24, 2.45) is 10.2 Å². The number of carbonyl (C=O) groups is 1. The number of phenols is 1. The summed E-state index contributed by atoms with van der Waals surface area (Å²) in [6.07, 6.45) is 2.85. The molecule has 168 valence electrons. The van der Waals surface area contributed by atoms with E-state index in [2.05, 4.69) is 30.8 Å². The summed E-state index contributed by atoms with van der Waals surface area (Å²) in [6, 6.07) is 23.0. The summed E-state index contributed by atoms with van der Waals surface area (Å²) >= 11 is 0. The summed E-state index contributed by atoms with van der Waals surface area (Å²) in [4.78, 5) is 13.0. The van der Waals surface area contributed by atoms with Gasteiger partial charge in [-0.2, -0.15) is 20.1 Å². The van der Waals surface area contributed by atoms with E-state index in [0.717, 1.165) is 0 Å². The minimum atomic E-state index is -0.502. The predicted octanol–water partition coefficient (Wildman–Crippen LogP) is 5.06. The molecule has 0 saturated carbocycles. The Balaban J connectivity index is 1.61. The van der Waals surface area contributed by atoms with Gasteiger partial charge in [0.2, 0.25) is 0 Å². The lowest BCUT2D eigenvalue weighted by molar-refractivity contribution is 0.102. The van der Waals surface area contributed by atoms with Crippen LogP contribution in [-0.4, -0.2) is 31.0 Å². The van der Waals surface area contributed by atoms with Gasteiger partial charge in [-0.15, -0.1) is 15.3 Å². The molecule has 0 radical (unpaired) electrons. The first-order chi connectivity index (χ1) is 17.2. The second-order valence-electron chi connectivity index (χ2n) is 7.35. The van der Waals surface area contributed by atoms with Crippen molar-refractivity contribution in [3.63, 3.8) is 0 Å². The number of azo groups is 1. The normalized spacial score (nSPS) is 10.9. The first-order valence-corrected chi connectivity index (χ1v) is 10.4. The fourth-order valence-electron chi connectivity index (χ4n) is 3.50. The minimum Gasteiger partial charge on any atom is -0.505 e. The van der Waals surface area contributed by atoms with E-state index < -0.39 is 5.91 Å². The van der Waals surface area contributed by atoms with E-state index in [1.807, 2.05) is 18.2 Å². The van der Waals surface area contributed by atoms with Crippen molar-refractivity contribution in [1.82, 2.24) is 20.0 Å². The molecule has 2 heterocycles. The molecule has 0 aliphatic heterocycles. The van der Waals surface area contributed by atoms with Gasteiger partial charge in [0.1, 0.15) is 17.3 Å². The smallest absolute Gasteiger partial charge is 0.259 e. The van der Waals surface area contributed by atoms with Crippen LogP contribution >= 0.6 is 0 Å². The minimum absolute atomic E-state index is 0.0319. The molecule has 10 heteroatoms. The molecule has 0 fully saturated rings. The number of rotatable bonds is 5. The van der Waals surface area contributed by atoms with E-state index in [1.54, 1.807) is 60.7 Å². The number of hydrogen-bond acceptors (Lipinski definition) is 8. The summed E-state index contributed by atoms with van der Waals surface area (Å²) in [5.41, 5.74) is 0.850. The molecular weight excluding hydrogens is 444 g/mol. The lowest BCUT2D eigenvalue weighted by Gasteiger charge is -2.11. The highest BCUT2D eigenvalue weighted by molar-refractivity contribution is 6.11. The number of hydrogen-bond donors (Lipinski definition) is 2. The van der Waals surface area contributed by atoms with Crippen LogP contribution in [0.5, 0.6) is 5.75 Å². The zero-order valence-electron chi connectivity index (χ0n) is 18.1. The number of nitriles is 1. The molecule has 0 aliphatic rings. The number of para-hydroxylation sites is 1. The molecule has 2 N–H and O–H groups in total. The highest BCUT2D eigenvalue weighted by Gasteiger charge is 2.19. The van der Waals surface area contributed by atoms with Crippen molar-refractivity contribution in [2.45, 2.75) is 0 Å². The van der Waals surface area contributed by atoms with Crippen molar-refractivity contribution in [1.29, 1.82) is 5.26 Å². The average Bonchev–Trinajstić information content (AvgIpc) is 3.32. The number of fused-ring (bicyclic) bond motifs is 1. The largest absolute Gasteiger partial charge is 0.505 e. The molecule has 2 aromatic heterocycles. The SMILES string of the molecule is N#Cc1cnn(-c2cccnn2)c1N=Nc1c(O)c(C(=O)Nc2ccccc2)cc2ccccc12. The summed E-state index contributed by atoms with van der Waals surface area (Å²) in [5, 5.41) is 45.0. The highest BCUT2D eigenvalue weighted by atomic mass is 16.3. The van der Waals surface area contributed by atoms with E-state index in [1.165, 1.54) is 17.1 Å². The van der Waals surface area contributed by atoms with Gasteiger partial charge >= 0.3 is 0 Å². The quantitative estimate of drug-likeness (QED) is 0.351. The molecular formula is C25H16N8O2. The predicted molar refractivity (Wildman–Crippen MR) is 128 cm³/mol. The number of nitrogens with zero attached hydrogens (tertiary/aromatic N) is 7. The van der Waals surface area contributed by atoms with Crippen LogP contribution in [0.2, 0.25) is 0 Å². The number of aromatic nitrogens is 4. The van der Waals surface area contributed by atoms with Gasteiger partial charge in [-0.3, -0.25) is 4.79 Å².